The van der Waals surface area contributed by atoms with E-state index in [1.165, 1.54) is 0 Å². The van der Waals surface area contributed by atoms with Crippen LogP contribution in [0.25, 0.3) is 0 Å². The van der Waals surface area contributed by atoms with Crippen LogP contribution in [0.5, 0.6) is 11.5 Å². The number of carbonyl (C=O) groups excluding carboxylic acids is 3. The number of benzene rings is 2. The minimum absolute atomic E-state index is 0.0593. The summed E-state index contributed by atoms with van der Waals surface area (Å²) in [6.45, 7) is 9.77. The number of nitrogens with one attached hydrogen (secondary N) is 4. The molecule has 4 N–H and O–H groups in total. The zero-order valence-electron chi connectivity index (χ0n) is 28.5. The molecule has 4 amide bonds. The van der Waals surface area contributed by atoms with Crippen LogP contribution >= 0.6 is 44.1 Å². The quantitative estimate of drug-likeness (QED) is 0.217. The van der Waals surface area contributed by atoms with Crippen molar-refractivity contribution < 1.29 is 33.3 Å². The summed E-state index contributed by atoms with van der Waals surface area (Å²) in [6.07, 6.45) is 4.35. The summed E-state index contributed by atoms with van der Waals surface area (Å²) in [7, 11) is 0. The lowest BCUT2D eigenvalue weighted by Crippen LogP contribution is -2.53. The van der Waals surface area contributed by atoms with E-state index < -0.39 is 17.1 Å². The molecule has 4 saturated heterocycles. The highest BCUT2D eigenvalue weighted by molar-refractivity contribution is 9.10. The number of rotatable bonds is 2. The van der Waals surface area contributed by atoms with E-state index in [-0.39, 0.29) is 41.1 Å². The van der Waals surface area contributed by atoms with Crippen LogP contribution in [-0.2, 0) is 30.1 Å². The first-order chi connectivity index (χ1) is 23.6. The first-order valence-corrected chi connectivity index (χ1v) is 19.1. The minimum Gasteiger partial charge on any atom is -0.490 e. The maximum Gasteiger partial charge on any atom is 0.322 e. The number of carbonyl (C=O) groups is 3. The molecule has 2 spiro atoms. The Kier molecular flexibility index (Phi) is 9.27. The van der Waals surface area contributed by atoms with Crippen LogP contribution in [-0.4, -0.2) is 59.6 Å². The zero-order chi connectivity index (χ0) is 35.6. The maximum absolute atomic E-state index is 12.8. The van der Waals surface area contributed by atoms with E-state index in [1.807, 2.05) is 36.4 Å². The van der Waals surface area contributed by atoms with E-state index >= 15 is 0 Å². The normalized spacial score (nSPS) is 33.4. The van der Waals surface area contributed by atoms with Gasteiger partial charge in [0.2, 0.25) is 0 Å². The van der Waals surface area contributed by atoms with E-state index in [4.69, 9.17) is 31.2 Å². The molecule has 6 aliphatic heterocycles. The van der Waals surface area contributed by atoms with Gasteiger partial charge in [0, 0.05) is 58.0 Å². The Bertz CT molecular complexity index is 1630. The fraction of sp³-hybridized carbons (Fsp3) is 0.556. The lowest BCUT2D eigenvalue weighted by atomic mass is 9.75. The van der Waals surface area contributed by atoms with Crippen LogP contribution in [0, 0.1) is 11.8 Å². The first kappa shape index (κ1) is 35.6. The van der Waals surface area contributed by atoms with Crippen LogP contribution in [0.3, 0.4) is 0 Å². The van der Waals surface area contributed by atoms with Gasteiger partial charge in [-0.05, 0) is 102 Å². The molecule has 4 fully saturated rings. The van der Waals surface area contributed by atoms with Gasteiger partial charge in [0.25, 0.3) is 11.8 Å². The van der Waals surface area contributed by atoms with E-state index in [0.29, 0.717) is 41.8 Å². The Hall–Kier alpha value is -2.78. The second kappa shape index (κ2) is 13.0. The second-order valence-electron chi connectivity index (χ2n) is 15.4. The second-order valence-corrected chi connectivity index (χ2v) is 17.6. The Morgan fingerprint density at radius 1 is 0.680 bits per heavy atom. The van der Waals surface area contributed by atoms with Gasteiger partial charge in [0.15, 0.2) is 16.2 Å². The highest BCUT2D eigenvalue weighted by Crippen LogP contribution is 2.48. The number of halogens is 2. The molecule has 6 unspecified atom stereocenters. The number of hydrogen-bond donors (Lipinski definition) is 4. The van der Waals surface area contributed by atoms with Crippen molar-refractivity contribution >= 4 is 67.0 Å². The fourth-order valence-corrected chi connectivity index (χ4v) is 9.47. The number of amides is 4. The number of ether oxygens (including phenoxy) is 4. The lowest BCUT2D eigenvalue weighted by Gasteiger charge is -2.44. The van der Waals surface area contributed by atoms with Crippen molar-refractivity contribution in [3.63, 3.8) is 0 Å². The molecule has 6 aliphatic rings. The van der Waals surface area contributed by atoms with Crippen molar-refractivity contribution in [3.8, 4) is 11.5 Å². The van der Waals surface area contributed by atoms with Gasteiger partial charge in [-0.15, -0.1) is 0 Å². The Balaban J connectivity index is 0.000000157. The summed E-state index contributed by atoms with van der Waals surface area (Å²) in [5, 5.41) is 11.6. The molecule has 0 aromatic heterocycles. The predicted octanol–water partition coefficient (Wildman–Crippen LogP) is 5.85. The molecule has 0 aliphatic carbocycles. The highest BCUT2D eigenvalue weighted by Gasteiger charge is 2.56. The molecule has 8 rings (SSSR count). The first-order valence-electron chi connectivity index (χ1n) is 17.1. The minimum atomic E-state index is -1.07. The number of thiocarbonyl (C=S) groups is 1. The Morgan fingerprint density at radius 3 is 1.54 bits per heavy atom. The van der Waals surface area contributed by atoms with Gasteiger partial charge in [0.05, 0.1) is 11.2 Å². The van der Waals surface area contributed by atoms with Crippen molar-refractivity contribution in [3.05, 3.63) is 56.5 Å². The van der Waals surface area contributed by atoms with Gasteiger partial charge in [-0.1, -0.05) is 31.9 Å². The van der Waals surface area contributed by atoms with Gasteiger partial charge < -0.3 is 34.9 Å². The third-order valence-corrected chi connectivity index (χ3v) is 12.0. The Morgan fingerprint density at radius 2 is 1.14 bits per heavy atom. The van der Waals surface area contributed by atoms with Gasteiger partial charge >= 0.3 is 6.03 Å². The van der Waals surface area contributed by atoms with Gasteiger partial charge in [0.1, 0.15) is 23.7 Å². The van der Waals surface area contributed by atoms with Crippen LogP contribution < -0.4 is 30.7 Å². The molecule has 6 atom stereocenters. The number of imide groups is 1. The highest BCUT2D eigenvalue weighted by atomic mass is 79.9. The van der Waals surface area contributed by atoms with E-state index in [0.717, 1.165) is 52.5 Å². The van der Waals surface area contributed by atoms with E-state index in [9.17, 15) is 14.4 Å². The summed E-state index contributed by atoms with van der Waals surface area (Å²) in [5.41, 5.74) is -0.765. The average Bonchev–Trinajstić information content (AvgIpc) is 3.48. The summed E-state index contributed by atoms with van der Waals surface area (Å²) in [6, 6.07) is 10.9. The molecular weight excluding hydrogens is 792 g/mol. The fourth-order valence-electron chi connectivity index (χ4n) is 8.48. The molecule has 268 valence electrons. The molecular formula is C36H42Br2N4O7S. The predicted molar refractivity (Wildman–Crippen MR) is 196 cm³/mol. The van der Waals surface area contributed by atoms with E-state index in [2.05, 4.69) is 80.8 Å². The van der Waals surface area contributed by atoms with Crippen LogP contribution in [0.2, 0.25) is 0 Å². The molecule has 6 heterocycles. The van der Waals surface area contributed by atoms with Crippen LogP contribution in [0.4, 0.5) is 4.79 Å². The number of urea groups is 1. The monoisotopic (exact) mass is 832 g/mol. The van der Waals surface area contributed by atoms with Gasteiger partial charge in [-0.2, -0.15) is 0 Å². The van der Waals surface area contributed by atoms with Crippen molar-refractivity contribution in [2.45, 2.75) is 101 Å². The summed E-state index contributed by atoms with van der Waals surface area (Å²) in [4.78, 5) is 37.4. The van der Waals surface area contributed by atoms with Crippen molar-refractivity contribution in [1.82, 2.24) is 21.3 Å². The van der Waals surface area contributed by atoms with E-state index in [1.54, 1.807) is 0 Å². The molecule has 50 heavy (non-hydrogen) atoms. The summed E-state index contributed by atoms with van der Waals surface area (Å²) < 4.78 is 26.0. The number of fused-ring (bicyclic) bond motifs is 4. The topological polar surface area (TPSA) is 136 Å². The molecule has 0 bridgehead atoms. The average molecular weight is 835 g/mol. The standard InChI is InChI=1S/C18H21BrN2O4.C18H21BrN2O3S/c1-17(2)8-10(5-6-24-17)14-9-18(15(22)20-16(23)21-18)12-7-11(19)3-4-13(12)25-14;1-17(2)8-10(5-6-23-17)14-9-18(15(22)20-16(25)21-18)12-7-11(19)3-4-13(12)24-14/h3-4,7,10,14H,5-6,8-9H2,1-2H3,(H2,20,21,22,23);3-4,7,10,14H,5-6,8-9H2,1-2H3,(H2,20,21,22,25). The zero-order valence-corrected chi connectivity index (χ0v) is 32.4. The van der Waals surface area contributed by atoms with Crippen LogP contribution in [0.1, 0.15) is 77.3 Å². The summed E-state index contributed by atoms with van der Waals surface area (Å²) >= 11 is 12.2. The Labute approximate surface area is 313 Å². The van der Waals surface area contributed by atoms with Gasteiger partial charge in [-0.25, -0.2) is 4.79 Å². The van der Waals surface area contributed by atoms with Crippen LogP contribution in [0.15, 0.2) is 45.3 Å². The summed E-state index contributed by atoms with van der Waals surface area (Å²) in [5.74, 6) is 1.59. The van der Waals surface area contributed by atoms with Crippen molar-refractivity contribution in [1.29, 1.82) is 0 Å². The molecule has 2 aromatic carbocycles. The van der Waals surface area contributed by atoms with Crippen molar-refractivity contribution in [2.24, 2.45) is 11.8 Å². The largest absolute Gasteiger partial charge is 0.490 e. The maximum atomic E-state index is 12.8. The molecule has 11 nitrogen and oxygen atoms in total. The lowest BCUT2D eigenvalue weighted by molar-refractivity contribution is -0.129. The molecule has 0 saturated carbocycles. The molecule has 2 aromatic rings. The molecule has 0 radical (unpaired) electrons. The number of hydrogen-bond acceptors (Lipinski definition) is 8. The van der Waals surface area contributed by atoms with Gasteiger partial charge in [-0.3, -0.25) is 14.9 Å². The third kappa shape index (κ3) is 6.66. The third-order valence-electron chi connectivity index (χ3n) is 10.8. The molecule has 14 heteroatoms. The van der Waals surface area contributed by atoms with Crippen molar-refractivity contribution in [2.75, 3.05) is 13.2 Å². The smallest absolute Gasteiger partial charge is 0.322 e. The SMILES string of the molecule is CC1(C)CC(C2CC3(NC(=O)NC3=O)c3cc(Br)ccc3O2)CCO1.CC1(C)CC(C2CC3(NC(=S)NC3=O)c3cc(Br)ccc3O2)CCO1.